The zero-order valence-corrected chi connectivity index (χ0v) is 8.70. The van der Waals surface area contributed by atoms with Gasteiger partial charge in [-0.1, -0.05) is 18.2 Å². The minimum Gasteiger partial charge on any atom is -0.399 e. The second-order valence-corrected chi connectivity index (χ2v) is 3.57. The van der Waals surface area contributed by atoms with Gasteiger partial charge in [0.2, 0.25) is 0 Å². The molecule has 15 heavy (non-hydrogen) atoms. The molecule has 2 rings (SSSR count). The van der Waals surface area contributed by atoms with Crippen molar-refractivity contribution in [1.29, 1.82) is 0 Å². The molecule has 2 heteroatoms. The molecule has 0 aromatic heterocycles. The van der Waals surface area contributed by atoms with Crippen LogP contribution in [-0.2, 0) is 0 Å². The molecule has 0 unspecified atom stereocenters. The molecule has 0 amide bonds. The topological polar surface area (TPSA) is 38.0 Å². The lowest BCUT2D eigenvalue weighted by Gasteiger charge is -2.09. The van der Waals surface area contributed by atoms with Gasteiger partial charge in [-0.2, -0.15) is 0 Å². The molecule has 3 N–H and O–H groups in total. The number of anilines is 3. The molecule has 0 spiro atoms. The van der Waals surface area contributed by atoms with Crippen molar-refractivity contribution in [2.24, 2.45) is 0 Å². The SMILES string of the molecule is Cc1cc(N)ccc1Nc1ccccc1. The first-order chi connectivity index (χ1) is 7.25. The van der Waals surface area contributed by atoms with Gasteiger partial charge in [0.25, 0.3) is 0 Å². The van der Waals surface area contributed by atoms with E-state index in [-0.39, 0.29) is 0 Å². The van der Waals surface area contributed by atoms with E-state index in [0.717, 1.165) is 22.6 Å². The average Bonchev–Trinajstić information content (AvgIpc) is 2.24. The largest absolute Gasteiger partial charge is 0.399 e. The number of hydrogen-bond donors (Lipinski definition) is 2. The smallest absolute Gasteiger partial charge is 0.0415 e. The lowest BCUT2D eigenvalue weighted by Crippen LogP contribution is -1.94. The van der Waals surface area contributed by atoms with Crippen molar-refractivity contribution in [3.8, 4) is 0 Å². The molecule has 2 aromatic carbocycles. The summed E-state index contributed by atoms with van der Waals surface area (Å²) in [6, 6.07) is 16.0. The van der Waals surface area contributed by atoms with Gasteiger partial charge < -0.3 is 11.1 Å². The van der Waals surface area contributed by atoms with Crippen LogP contribution in [0.1, 0.15) is 5.56 Å². The highest BCUT2D eigenvalue weighted by Gasteiger charge is 1.98. The lowest BCUT2D eigenvalue weighted by molar-refractivity contribution is 1.43. The van der Waals surface area contributed by atoms with Crippen LogP contribution in [0.3, 0.4) is 0 Å². The van der Waals surface area contributed by atoms with Crippen LogP contribution in [0.5, 0.6) is 0 Å². The Kier molecular flexibility index (Phi) is 2.59. The first kappa shape index (κ1) is 9.59. The van der Waals surface area contributed by atoms with Crippen LogP contribution in [0.4, 0.5) is 17.1 Å². The van der Waals surface area contributed by atoms with Gasteiger partial charge in [-0.3, -0.25) is 0 Å². The van der Waals surface area contributed by atoms with Crippen LogP contribution < -0.4 is 11.1 Å². The standard InChI is InChI=1S/C13H14N2/c1-10-9-11(14)7-8-13(10)15-12-5-3-2-4-6-12/h2-9,15H,14H2,1H3. The summed E-state index contributed by atoms with van der Waals surface area (Å²) in [5.74, 6) is 0. The quantitative estimate of drug-likeness (QED) is 0.726. The van der Waals surface area contributed by atoms with Gasteiger partial charge in [0.05, 0.1) is 0 Å². The minimum atomic E-state index is 0.797. The summed E-state index contributed by atoms with van der Waals surface area (Å²) >= 11 is 0. The molecular formula is C13H14N2. The Morgan fingerprint density at radius 1 is 1.00 bits per heavy atom. The van der Waals surface area contributed by atoms with Crippen molar-refractivity contribution in [2.75, 3.05) is 11.1 Å². The van der Waals surface area contributed by atoms with E-state index in [1.165, 1.54) is 0 Å². The van der Waals surface area contributed by atoms with Crippen LogP contribution in [-0.4, -0.2) is 0 Å². The third-order valence-corrected chi connectivity index (χ3v) is 2.30. The van der Waals surface area contributed by atoms with E-state index in [0.29, 0.717) is 0 Å². The van der Waals surface area contributed by atoms with E-state index in [1.54, 1.807) is 0 Å². The number of benzene rings is 2. The molecule has 76 valence electrons. The Labute approximate surface area is 89.7 Å². The van der Waals surface area contributed by atoms with Crippen LogP contribution >= 0.6 is 0 Å². The van der Waals surface area contributed by atoms with Gasteiger partial charge in [-0.05, 0) is 42.8 Å². The number of aryl methyl sites for hydroxylation is 1. The molecule has 0 saturated carbocycles. The van der Waals surface area contributed by atoms with Crippen molar-refractivity contribution in [3.63, 3.8) is 0 Å². The fourth-order valence-corrected chi connectivity index (χ4v) is 1.50. The Hall–Kier alpha value is -1.96. The molecule has 0 aliphatic rings. The van der Waals surface area contributed by atoms with Crippen LogP contribution in [0, 0.1) is 6.92 Å². The second-order valence-electron chi connectivity index (χ2n) is 3.57. The zero-order valence-electron chi connectivity index (χ0n) is 8.70. The fourth-order valence-electron chi connectivity index (χ4n) is 1.50. The van der Waals surface area contributed by atoms with Crippen molar-refractivity contribution < 1.29 is 0 Å². The number of para-hydroxylation sites is 1. The third kappa shape index (κ3) is 2.29. The van der Waals surface area contributed by atoms with Crippen LogP contribution in [0.2, 0.25) is 0 Å². The second kappa shape index (κ2) is 4.05. The molecule has 0 aliphatic carbocycles. The minimum absolute atomic E-state index is 0.797. The van der Waals surface area contributed by atoms with E-state index >= 15 is 0 Å². The Morgan fingerprint density at radius 3 is 2.40 bits per heavy atom. The van der Waals surface area contributed by atoms with Gasteiger partial charge in [0.15, 0.2) is 0 Å². The number of hydrogen-bond acceptors (Lipinski definition) is 2. The fraction of sp³-hybridized carbons (Fsp3) is 0.0769. The van der Waals surface area contributed by atoms with Gasteiger partial charge in [0, 0.05) is 17.1 Å². The van der Waals surface area contributed by atoms with Crippen molar-refractivity contribution in [1.82, 2.24) is 0 Å². The van der Waals surface area contributed by atoms with Crippen LogP contribution in [0.15, 0.2) is 48.5 Å². The molecule has 0 radical (unpaired) electrons. The number of nitrogens with two attached hydrogens (primary N) is 1. The Balaban J connectivity index is 2.25. The first-order valence-corrected chi connectivity index (χ1v) is 4.94. The van der Waals surface area contributed by atoms with Crippen molar-refractivity contribution >= 4 is 17.1 Å². The maximum Gasteiger partial charge on any atom is 0.0415 e. The number of nitrogen functional groups attached to an aromatic ring is 1. The highest BCUT2D eigenvalue weighted by molar-refractivity contribution is 5.65. The van der Waals surface area contributed by atoms with Crippen molar-refractivity contribution in [2.45, 2.75) is 6.92 Å². The van der Waals surface area contributed by atoms with E-state index in [4.69, 9.17) is 5.73 Å². The van der Waals surface area contributed by atoms with E-state index < -0.39 is 0 Å². The molecule has 0 aliphatic heterocycles. The van der Waals surface area contributed by atoms with Crippen molar-refractivity contribution in [3.05, 3.63) is 54.1 Å². The van der Waals surface area contributed by atoms with Gasteiger partial charge in [-0.25, -0.2) is 0 Å². The monoisotopic (exact) mass is 198 g/mol. The summed E-state index contributed by atoms with van der Waals surface area (Å²) in [5.41, 5.74) is 9.82. The van der Waals surface area contributed by atoms with Gasteiger partial charge >= 0.3 is 0 Å². The molecular weight excluding hydrogens is 184 g/mol. The zero-order chi connectivity index (χ0) is 10.7. The summed E-state index contributed by atoms with van der Waals surface area (Å²) in [4.78, 5) is 0. The summed E-state index contributed by atoms with van der Waals surface area (Å²) in [5, 5.41) is 3.34. The van der Waals surface area contributed by atoms with E-state index in [1.807, 2.05) is 55.5 Å². The van der Waals surface area contributed by atoms with E-state index in [2.05, 4.69) is 5.32 Å². The predicted octanol–water partition coefficient (Wildman–Crippen LogP) is 3.32. The highest BCUT2D eigenvalue weighted by atomic mass is 14.9. The molecule has 0 saturated heterocycles. The van der Waals surface area contributed by atoms with Gasteiger partial charge in [-0.15, -0.1) is 0 Å². The molecule has 2 aromatic rings. The maximum atomic E-state index is 5.69. The Morgan fingerprint density at radius 2 is 1.73 bits per heavy atom. The highest BCUT2D eigenvalue weighted by Crippen LogP contribution is 2.21. The summed E-state index contributed by atoms with van der Waals surface area (Å²) < 4.78 is 0. The molecule has 0 bridgehead atoms. The van der Waals surface area contributed by atoms with Crippen LogP contribution in [0.25, 0.3) is 0 Å². The summed E-state index contributed by atoms with van der Waals surface area (Å²) in [7, 11) is 0. The predicted molar refractivity (Wildman–Crippen MR) is 65.3 cm³/mol. The summed E-state index contributed by atoms with van der Waals surface area (Å²) in [6.07, 6.45) is 0. The van der Waals surface area contributed by atoms with Gasteiger partial charge in [0.1, 0.15) is 0 Å². The lowest BCUT2D eigenvalue weighted by atomic mass is 10.1. The normalized spacial score (nSPS) is 9.93. The molecule has 0 fully saturated rings. The molecule has 0 heterocycles. The maximum absolute atomic E-state index is 5.69. The first-order valence-electron chi connectivity index (χ1n) is 4.94. The average molecular weight is 198 g/mol. The molecule has 0 atom stereocenters. The number of rotatable bonds is 2. The number of nitrogens with one attached hydrogen (secondary N) is 1. The van der Waals surface area contributed by atoms with E-state index in [9.17, 15) is 0 Å². The third-order valence-electron chi connectivity index (χ3n) is 2.30. The molecule has 2 nitrogen and oxygen atoms in total. The Bertz CT molecular complexity index is 449. The summed E-state index contributed by atoms with van der Waals surface area (Å²) in [6.45, 7) is 2.04.